The van der Waals surface area contributed by atoms with Crippen LogP contribution < -0.4 is 0 Å². The van der Waals surface area contributed by atoms with Crippen LogP contribution in [0.2, 0.25) is 0 Å². The molecule has 2 unspecified atom stereocenters. The van der Waals surface area contributed by atoms with Crippen LogP contribution in [0.5, 0.6) is 11.8 Å². The van der Waals surface area contributed by atoms with E-state index in [1.165, 1.54) is 4.57 Å². The molecule has 4 rings (SSSR count). The van der Waals surface area contributed by atoms with Gasteiger partial charge in [0.1, 0.15) is 11.7 Å². The first kappa shape index (κ1) is 13.4. The number of rotatable bonds is 2. The predicted octanol–water partition coefficient (Wildman–Crippen LogP) is 2.33. The van der Waals surface area contributed by atoms with Gasteiger partial charge in [0.05, 0.1) is 23.4 Å². The standard InChI is InChI=1S/C17H17NO4/c1-9-3-4-11(10(2)7-9)18-15(20)13-12-5-6-17(8-19,22-12)14(13)16(18)21/h3-7,12,19-21H,8H2,1-2H3. The predicted molar refractivity (Wildman–Crippen MR) is 80.3 cm³/mol. The van der Waals surface area contributed by atoms with E-state index >= 15 is 0 Å². The lowest BCUT2D eigenvalue weighted by Crippen LogP contribution is -2.25. The number of benzene rings is 1. The van der Waals surface area contributed by atoms with E-state index in [0.29, 0.717) is 16.8 Å². The summed E-state index contributed by atoms with van der Waals surface area (Å²) in [7, 11) is 0. The molecule has 0 saturated heterocycles. The van der Waals surface area contributed by atoms with E-state index in [2.05, 4.69) is 0 Å². The minimum atomic E-state index is -1.05. The molecule has 1 aromatic heterocycles. The minimum absolute atomic E-state index is 0.0378. The molecule has 0 fully saturated rings. The monoisotopic (exact) mass is 299 g/mol. The Morgan fingerprint density at radius 2 is 2.00 bits per heavy atom. The molecule has 2 aliphatic rings. The normalized spacial score (nSPS) is 25.0. The first-order valence-electron chi connectivity index (χ1n) is 7.21. The lowest BCUT2D eigenvalue weighted by Gasteiger charge is -2.21. The highest BCUT2D eigenvalue weighted by Gasteiger charge is 2.52. The van der Waals surface area contributed by atoms with Gasteiger partial charge < -0.3 is 20.1 Å². The summed E-state index contributed by atoms with van der Waals surface area (Å²) in [5.41, 5.74) is 2.71. The van der Waals surface area contributed by atoms with E-state index < -0.39 is 11.7 Å². The third kappa shape index (κ3) is 1.44. The number of aromatic nitrogens is 1. The molecule has 0 amide bonds. The summed E-state index contributed by atoms with van der Waals surface area (Å²) >= 11 is 0. The number of nitrogens with zero attached hydrogens (tertiary/aromatic N) is 1. The maximum atomic E-state index is 10.7. The molecule has 3 N–H and O–H groups in total. The molecule has 0 spiro atoms. The summed E-state index contributed by atoms with van der Waals surface area (Å²) in [6, 6.07) is 5.78. The summed E-state index contributed by atoms with van der Waals surface area (Å²) in [6.45, 7) is 3.64. The molecular weight excluding hydrogens is 282 g/mol. The number of aromatic hydroxyl groups is 2. The number of hydrogen-bond donors (Lipinski definition) is 3. The smallest absolute Gasteiger partial charge is 0.205 e. The van der Waals surface area contributed by atoms with Crippen LogP contribution in [0.25, 0.3) is 5.69 Å². The van der Waals surface area contributed by atoms with Gasteiger partial charge in [0.15, 0.2) is 0 Å². The molecule has 114 valence electrons. The molecule has 1 aromatic carbocycles. The highest BCUT2D eigenvalue weighted by atomic mass is 16.5. The van der Waals surface area contributed by atoms with E-state index in [-0.39, 0.29) is 18.4 Å². The van der Waals surface area contributed by atoms with Crippen molar-refractivity contribution in [3.8, 4) is 17.4 Å². The summed E-state index contributed by atoms with van der Waals surface area (Å²) in [5, 5.41) is 31.0. The molecule has 2 atom stereocenters. The Balaban J connectivity index is 1.99. The van der Waals surface area contributed by atoms with Gasteiger partial charge in [0.25, 0.3) is 0 Å². The van der Waals surface area contributed by atoms with Gasteiger partial charge in [-0.1, -0.05) is 23.8 Å². The van der Waals surface area contributed by atoms with Crippen molar-refractivity contribution in [3.63, 3.8) is 0 Å². The van der Waals surface area contributed by atoms with Crippen LogP contribution in [0, 0.1) is 13.8 Å². The maximum absolute atomic E-state index is 10.7. The molecule has 0 aliphatic carbocycles. The van der Waals surface area contributed by atoms with Gasteiger partial charge in [0, 0.05) is 0 Å². The molecule has 5 nitrogen and oxygen atoms in total. The van der Waals surface area contributed by atoms with E-state index in [1.807, 2.05) is 32.0 Å². The van der Waals surface area contributed by atoms with E-state index in [9.17, 15) is 15.3 Å². The Labute approximate surface area is 127 Å². The maximum Gasteiger partial charge on any atom is 0.205 e. The average molecular weight is 299 g/mol. The topological polar surface area (TPSA) is 74.9 Å². The van der Waals surface area contributed by atoms with Crippen LogP contribution in [-0.4, -0.2) is 26.5 Å². The van der Waals surface area contributed by atoms with Crippen LogP contribution in [-0.2, 0) is 10.3 Å². The summed E-state index contributed by atoms with van der Waals surface area (Å²) in [5.74, 6) is -0.121. The number of aliphatic hydroxyl groups is 1. The highest BCUT2D eigenvalue weighted by molar-refractivity contribution is 5.63. The van der Waals surface area contributed by atoms with Gasteiger partial charge in [-0.15, -0.1) is 0 Å². The van der Waals surface area contributed by atoms with Crippen molar-refractivity contribution in [1.82, 2.24) is 4.57 Å². The SMILES string of the molecule is Cc1ccc(-n2c(O)c3c(c2O)C2(CO)C=CC3O2)c(C)c1. The molecule has 2 aromatic rings. The van der Waals surface area contributed by atoms with Crippen LogP contribution in [0.1, 0.15) is 28.4 Å². The molecule has 3 heterocycles. The Bertz CT molecular complexity index is 821. The van der Waals surface area contributed by atoms with Gasteiger partial charge in [-0.3, -0.25) is 4.57 Å². The number of aliphatic hydroxyl groups excluding tert-OH is 1. The van der Waals surface area contributed by atoms with E-state index in [4.69, 9.17) is 4.74 Å². The van der Waals surface area contributed by atoms with E-state index in [1.54, 1.807) is 12.2 Å². The number of hydrogen-bond acceptors (Lipinski definition) is 4. The van der Waals surface area contributed by atoms with Crippen LogP contribution >= 0.6 is 0 Å². The van der Waals surface area contributed by atoms with Crippen LogP contribution in [0.3, 0.4) is 0 Å². The quantitative estimate of drug-likeness (QED) is 0.744. The lowest BCUT2D eigenvalue weighted by atomic mass is 9.90. The summed E-state index contributed by atoms with van der Waals surface area (Å²) in [6.07, 6.45) is 3.11. The number of aryl methyl sites for hydroxylation is 2. The van der Waals surface area contributed by atoms with Crippen LogP contribution in [0.4, 0.5) is 0 Å². The second-order valence-corrected chi connectivity index (χ2v) is 6.01. The van der Waals surface area contributed by atoms with Gasteiger partial charge in [-0.05, 0) is 31.6 Å². The van der Waals surface area contributed by atoms with Crippen molar-refractivity contribution >= 4 is 0 Å². The van der Waals surface area contributed by atoms with Gasteiger partial charge in [-0.2, -0.15) is 0 Å². The zero-order chi connectivity index (χ0) is 15.6. The van der Waals surface area contributed by atoms with Gasteiger partial charge in [-0.25, -0.2) is 0 Å². The van der Waals surface area contributed by atoms with Crippen molar-refractivity contribution in [2.45, 2.75) is 25.6 Å². The zero-order valence-electron chi connectivity index (χ0n) is 12.4. The molecule has 0 radical (unpaired) electrons. The zero-order valence-corrected chi connectivity index (χ0v) is 12.4. The van der Waals surface area contributed by atoms with E-state index in [0.717, 1.165) is 11.1 Å². The second-order valence-electron chi connectivity index (χ2n) is 6.01. The largest absolute Gasteiger partial charge is 0.494 e. The van der Waals surface area contributed by atoms with Crippen molar-refractivity contribution in [1.29, 1.82) is 0 Å². The fourth-order valence-corrected chi connectivity index (χ4v) is 3.55. The van der Waals surface area contributed by atoms with Crippen molar-refractivity contribution in [2.24, 2.45) is 0 Å². The summed E-state index contributed by atoms with van der Waals surface area (Å²) < 4.78 is 7.15. The molecule has 22 heavy (non-hydrogen) atoms. The highest BCUT2D eigenvalue weighted by Crippen LogP contribution is 2.58. The third-order valence-corrected chi connectivity index (χ3v) is 4.57. The average Bonchev–Trinajstić information content (AvgIpc) is 3.12. The molecule has 2 bridgehead atoms. The molecule has 2 aliphatic heterocycles. The first-order valence-corrected chi connectivity index (χ1v) is 7.21. The molecular formula is C17H17NO4. The fourth-order valence-electron chi connectivity index (χ4n) is 3.55. The van der Waals surface area contributed by atoms with Crippen molar-refractivity contribution in [3.05, 3.63) is 52.6 Å². The lowest BCUT2D eigenvalue weighted by molar-refractivity contribution is -0.0414. The molecule has 0 saturated carbocycles. The Morgan fingerprint density at radius 1 is 1.23 bits per heavy atom. The third-order valence-electron chi connectivity index (χ3n) is 4.57. The molecule has 5 heteroatoms. The minimum Gasteiger partial charge on any atom is -0.494 e. The Morgan fingerprint density at radius 3 is 2.68 bits per heavy atom. The van der Waals surface area contributed by atoms with Gasteiger partial charge in [0.2, 0.25) is 11.8 Å². The number of fused-ring (bicyclic) bond motifs is 5. The van der Waals surface area contributed by atoms with Gasteiger partial charge >= 0.3 is 0 Å². The van der Waals surface area contributed by atoms with Crippen LogP contribution in [0.15, 0.2) is 30.4 Å². The Kier molecular flexibility index (Phi) is 2.53. The summed E-state index contributed by atoms with van der Waals surface area (Å²) in [4.78, 5) is 0. The fraction of sp³-hybridized carbons (Fsp3) is 0.294. The Hall–Kier alpha value is -2.24. The second kappa shape index (κ2) is 4.15. The van der Waals surface area contributed by atoms with Crippen molar-refractivity contribution < 1.29 is 20.1 Å². The first-order chi connectivity index (χ1) is 10.5. The number of ether oxygens (including phenoxy) is 1. The van der Waals surface area contributed by atoms with Crippen molar-refractivity contribution in [2.75, 3.05) is 6.61 Å².